The van der Waals surface area contributed by atoms with Gasteiger partial charge in [-0.05, 0) is 65.7 Å². The summed E-state index contributed by atoms with van der Waals surface area (Å²) in [6, 6.07) is 5.92. The first kappa shape index (κ1) is 13.1. The molecule has 0 radical (unpaired) electrons. The second kappa shape index (κ2) is 5.25. The fourth-order valence-corrected chi connectivity index (χ4v) is 3.79. The first-order chi connectivity index (χ1) is 9.16. The first-order valence-corrected chi connectivity index (χ1v) is 7.75. The number of aryl methyl sites for hydroxylation is 1. The van der Waals surface area contributed by atoms with E-state index < -0.39 is 0 Å². The largest absolute Gasteiger partial charge is 0.324 e. The van der Waals surface area contributed by atoms with Gasteiger partial charge in [-0.3, -0.25) is 4.79 Å². The molecule has 3 unspecified atom stereocenters. The van der Waals surface area contributed by atoms with Crippen molar-refractivity contribution in [3.63, 3.8) is 0 Å². The number of fused-ring (bicyclic) bond motifs is 1. The number of hydrogen-bond acceptors (Lipinski definition) is 2. The lowest BCUT2D eigenvalue weighted by molar-refractivity contribution is -0.118. The molecule has 3 atom stereocenters. The number of nitrogens with one attached hydrogen (secondary N) is 2. The van der Waals surface area contributed by atoms with E-state index in [-0.39, 0.29) is 11.9 Å². The molecular formula is C15H19BrN2O. The Morgan fingerprint density at radius 2 is 2.26 bits per heavy atom. The Hall–Kier alpha value is -0.870. The van der Waals surface area contributed by atoms with Crippen molar-refractivity contribution in [1.29, 1.82) is 0 Å². The molecule has 2 fully saturated rings. The highest BCUT2D eigenvalue weighted by Gasteiger charge is 2.42. The molecule has 4 heteroatoms. The second-order valence-corrected chi connectivity index (χ2v) is 6.46. The third kappa shape index (κ3) is 2.43. The summed E-state index contributed by atoms with van der Waals surface area (Å²) >= 11 is 3.54. The van der Waals surface area contributed by atoms with E-state index in [0.29, 0.717) is 11.8 Å². The van der Waals surface area contributed by atoms with Crippen LogP contribution in [0, 0.1) is 18.8 Å². The van der Waals surface area contributed by atoms with E-state index in [4.69, 9.17) is 0 Å². The van der Waals surface area contributed by atoms with E-state index in [9.17, 15) is 4.79 Å². The van der Waals surface area contributed by atoms with Crippen LogP contribution in [-0.2, 0) is 4.79 Å². The van der Waals surface area contributed by atoms with Gasteiger partial charge in [-0.15, -0.1) is 0 Å². The van der Waals surface area contributed by atoms with Crippen LogP contribution in [-0.4, -0.2) is 18.5 Å². The van der Waals surface area contributed by atoms with Crippen LogP contribution in [0.15, 0.2) is 22.7 Å². The van der Waals surface area contributed by atoms with Gasteiger partial charge in [-0.1, -0.05) is 18.6 Å². The molecule has 1 aliphatic carbocycles. The minimum absolute atomic E-state index is 0.0140. The predicted molar refractivity (Wildman–Crippen MR) is 80.1 cm³/mol. The molecule has 0 aromatic heterocycles. The number of benzene rings is 1. The van der Waals surface area contributed by atoms with E-state index in [0.717, 1.165) is 22.3 Å². The Kier molecular flexibility index (Phi) is 3.63. The molecule has 1 saturated carbocycles. The zero-order chi connectivity index (χ0) is 13.4. The number of carbonyl (C=O) groups is 1. The summed E-state index contributed by atoms with van der Waals surface area (Å²) < 4.78 is 0.976. The Morgan fingerprint density at radius 1 is 1.42 bits per heavy atom. The van der Waals surface area contributed by atoms with E-state index in [1.54, 1.807) is 0 Å². The number of halogens is 1. The summed E-state index contributed by atoms with van der Waals surface area (Å²) in [5.74, 6) is 1.35. The molecule has 2 aliphatic rings. The SMILES string of the molecule is Cc1cccc(NC(=O)C2NCC3CCCC32)c1Br. The van der Waals surface area contributed by atoms with Crippen LogP contribution in [0.2, 0.25) is 0 Å². The number of rotatable bonds is 2. The van der Waals surface area contributed by atoms with E-state index in [1.807, 2.05) is 25.1 Å². The van der Waals surface area contributed by atoms with Gasteiger partial charge in [0.25, 0.3) is 0 Å². The molecule has 1 heterocycles. The average molecular weight is 323 g/mol. The van der Waals surface area contributed by atoms with Gasteiger partial charge in [-0.2, -0.15) is 0 Å². The monoisotopic (exact) mass is 322 g/mol. The molecular weight excluding hydrogens is 304 g/mol. The molecule has 0 bridgehead atoms. The van der Waals surface area contributed by atoms with Crippen molar-refractivity contribution in [3.05, 3.63) is 28.2 Å². The average Bonchev–Trinajstić information content (AvgIpc) is 2.96. The maximum absolute atomic E-state index is 12.4. The lowest BCUT2D eigenvalue weighted by atomic mass is 9.93. The summed E-state index contributed by atoms with van der Waals surface area (Å²) in [7, 11) is 0. The van der Waals surface area contributed by atoms with Gasteiger partial charge in [0.05, 0.1) is 11.7 Å². The van der Waals surface area contributed by atoms with Gasteiger partial charge < -0.3 is 10.6 Å². The standard InChI is InChI=1S/C15H19BrN2O/c1-9-4-2-7-12(13(9)16)18-15(19)14-11-6-3-5-10(11)8-17-14/h2,4,7,10-11,14,17H,3,5-6,8H2,1H3,(H,18,19). The fourth-order valence-electron chi connectivity index (χ4n) is 3.43. The minimum Gasteiger partial charge on any atom is -0.324 e. The third-order valence-electron chi connectivity index (χ3n) is 4.48. The van der Waals surface area contributed by atoms with Crippen LogP contribution < -0.4 is 10.6 Å². The van der Waals surface area contributed by atoms with Gasteiger partial charge in [-0.25, -0.2) is 0 Å². The Labute approximate surface area is 122 Å². The lowest BCUT2D eigenvalue weighted by Crippen LogP contribution is -2.39. The minimum atomic E-state index is -0.0140. The molecule has 1 saturated heterocycles. The normalized spacial score (nSPS) is 29.3. The molecule has 1 aliphatic heterocycles. The second-order valence-electron chi connectivity index (χ2n) is 5.67. The number of amides is 1. The van der Waals surface area contributed by atoms with Gasteiger partial charge in [0, 0.05) is 4.47 Å². The smallest absolute Gasteiger partial charge is 0.241 e. The Morgan fingerprint density at radius 3 is 3.11 bits per heavy atom. The molecule has 1 amide bonds. The van der Waals surface area contributed by atoms with Gasteiger partial charge in [0.1, 0.15) is 0 Å². The highest BCUT2D eigenvalue weighted by molar-refractivity contribution is 9.10. The summed E-state index contributed by atoms with van der Waals surface area (Å²) in [5.41, 5.74) is 2.00. The fraction of sp³-hybridized carbons (Fsp3) is 0.533. The van der Waals surface area contributed by atoms with Crippen LogP contribution in [0.5, 0.6) is 0 Å². The predicted octanol–water partition coefficient (Wildman–Crippen LogP) is 3.08. The van der Waals surface area contributed by atoms with Gasteiger partial charge in [0.2, 0.25) is 5.91 Å². The molecule has 1 aromatic carbocycles. The van der Waals surface area contributed by atoms with E-state index in [2.05, 4.69) is 26.6 Å². The van der Waals surface area contributed by atoms with Crippen LogP contribution in [0.3, 0.4) is 0 Å². The Balaban J connectivity index is 1.73. The zero-order valence-electron chi connectivity index (χ0n) is 11.1. The van der Waals surface area contributed by atoms with Crippen LogP contribution in [0.4, 0.5) is 5.69 Å². The van der Waals surface area contributed by atoms with Crippen molar-refractivity contribution >= 4 is 27.5 Å². The first-order valence-electron chi connectivity index (χ1n) is 6.96. The van der Waals surface area contributed by atoms with E-state index >= 15 is 0 Å². The quantitative estimate of drug-likeness (QED) is 0.878. The molecule has 102 valence electrons. The summed E-state index contributed by atoms with van der Waals surface area (Å²) in [6.07, 6.45) is 3.73. The zero-order valence-corrected chi connectivity index (χ0v) is 12.7. The summed E-state index contributed by atoms with van der Waals surface area (Å²) in [6.45, 7) is 3.03. The van der Waals surface area contributed by atoms with Crippen LogP contribution in [0.1, 0.15) is 24.8 Å². The number of anilines is 1. The van der Waals surface area contributed by atoms with Crippen molar-refractivity contribution in [1.82, 2.24) is 5.32 Å². The number of carbonyl (C=O) groups excluding carboxylic acids is 1. The van der Waals surface area contributed by atoms with Crippen molar-refractivity contribution in [3.8, 4) is 0 Å². The van der Waals surface area contributed by atoms with E-state index in [1.165, 1.54) is 19.3 Å². The van der Waals surface area contributed by atoms with Crippen molar-refractivity contribution in [2.75, 3.05) is 11.9 Å². The lowest BCUT2D eigenvalue weighted by Gasteiger charge is -2.18. The molecule has 1 aromatic rings. The summed E-state index contributed by atoms with van der Waals surface area (Å²) in [5, 5.41) is 6.44. The summed E-state index contributed by atoms with van der Waals surface area (Å²) in [4.78, 5) is 12.4. The topological polar surface area (TPSA) is 41.1 Å². The highest BCUT2D eigenvalue weighted by Crippen LogP contribution is 2.38. The molecule has 19 heavy (non-hydrogen) atoms. The highest BCUT2D eigenvalue weighted by atomic mass is 79.9. The van der Waals surface area contributed by atoms with Crippen LogP contribution in [0.25, 0.3) is 0 Å². The molecule has 3 rings (SSSR count). The maximum Gasteiger partial charge on any atom is 0.241 e. The molecule has 0 spiro atoms. The maximum atomic E-state index is 12.4. The molecule has 2 N–H and O–H groups in total. The number of hydrogen-bond donors (Lipinski definition) is 2. The van der Waals surface area contributed by atoms with Crippen molar-refractivity contribution < 1.29 is 4.79 Å². The van der Waals surface area contributed by atoms with Gasteiger partial charge >= 0.3 is 0 Å². The van der Waals surface area contributed by atoms with Crippen LogP contribution >= 0.6 is 15.9 Å². The Bertz CT molecular complexity index is 503. The molecule has 3 nitrogen and oxygen atoms in total. The third-order valence-corrected chi connectivity index (χ3v) is 5.53. The van der Waals surface area contributed by atoms with Crippen molar-refractivity contribution in [2.24, 2.45) is 11.8 Å². The van der Waals surface area contributed by atoms with Gasteiger partial charge in [0.15, 0.2) is 0 Å². The van der Waals surface area contributed by atoms with Crippen molar-refractivity contribution in [2.45, 2.75) is 32.2 Å².